The highest BCUT2D eigenvalue weighted by Gasteiger charge is 2.23. The summed E-state index contributed by atoms with van der Waals surface area (Å²) in [6.45, 7) is 6.65. The number of rotatable bonds is 9. The van der Waals surface area contributed by atoms with E-state index >= 15 is 0 Å². The summed E-state index contributed by atoms with van der Waals surface area (Å²) in [5, 5.41) is 12.1. The second-order valence-electron chi connectivity index (χ2n) is 5.13. The number of aliphatic hydroxyl groups excluding tert-OH is 1. The van der Waals surface area contributed by atoms with Gasteiger partial charge in [-0.05, 0) is 51.0 Å². The number of hydrogen-bond acceptors (Lipinski definition) is 4. The molecule has 5 heteroatoms. The number of nitrogens with one attached hydrogen (secondary N) is 1. The average molecular weight is 311 g/mol. The molecule has 0 radical (unpaired) electrons. The first-order valence-electron chi connectivity index (χ1n) is 7.30. The Balaban J connectivity index is 2.45. The second-order valence-corrected chi connectivity index (χ2v) is 6.18. The maximum atomic E-state index is 12.0. The molecule has 1 aromatic carbocycles. The zero-order valence-electron chi connectivity index (χ0n) is 13.0. The molecule has 1 unspecified atom stereocenters. The van der Waals surface area contributed by atoms with Crippen molar-refractivity contribution in [1.82, 2.24) is 5.32 Å². The van der Waals surface area contributed by atoms with Crippen LogP contribution in [0.15, 0.2) is 29.2 Å². The van der Waals surface area contributed by atoms with Crippen molar-refractivity contribution >= 4 is 17.7 Å². The number of carbonyl (C=O) groups is 1. The fourth-order valence-corrected chi connectivity index (χ4v) is 2.59. The molecule has 0 aliphatic heterocycles. The molecule has 1 amide bonds. The summed E-state index contributed by atoms with van der Waals surface area (Å²) in [6.07, 6.45) is 1.37. The van der Waals surface area contributed by atoms with Gasteiger partial charge in [-0.2, -0.15) is 0 Å². The first-order valence-corrected chi connectivity index (χ1v) is 8.29. The van der Waals surface area contributed by atoms with E-state index in [9.17, 15) is 4.79 Å². The molecule has 4 nitrogen and oxygen atoms in total. The van der Waals surface area contributed by atoms with Gasteiger partial charge in [0.2, 0.25) is 5.91 Å². The van der Waals surface area contributed by atoms with Crippen LogP contribution in [0.3, 0.4) is 0 Å². The lowest BCUT2D eigenvalue weighted by Gasteiger charge is -2.28. The van der Waals surface area contributed by atoms with Crippen molar-refractivity contribution in [2.24, 2.45) is 0 Å². The van der Waals surface area contributed by atoms with E-state index in [1.807, 2.05) is 45.0 Å². The van der Waals surface area contributed by atoms with Crippen LogP contribution in [-0.2, 0) is 4.79 Å². The summed E-state index contributed by atoms with van der Waals surface area (Å²) >= 11 is 1.49. The van der Waals surface area contributed by atoms with E-state index in [-0.39, 0.29) is 18.1 Å². The van der Waals surface area contributed by atoms with Crippen molar-refractivity contribution in [1.29, 1.82) is 0 Å². The van der Waals surface area contributed by atoms with Crippen molar-refractivity contribution in [2.45, 2.75) is 44.0 Å². The van der Waals surface area contributed by atoms with Gasteiger partial charge in [-0.3, -0.25) is 4.79 Å². The van der Waals surface area contributed by atoms with Gasteiger partial charge in [-0.15, -0.1) is 11.8 Å². The van der Waals surface area contributed by atoms with E-state index in [2.05, 4.69) is 5.32 Å². The molecule has 1 atom stereocenters. The van der Waals surface area contributed by atoms with Gasteiger partial charge in [0.25, 0.3) is 0 Å². The highest BCUT2D eigenvalue weighted by atomic mass is 32.2. The van der Waals surface area contributed by atoms with E-state index in [0.717, 1.165) is 17.1 Å². The Morgan fingerprint density at radius 3 is 2.52 bits per heavy atom. The van der Waals surface area contributed by atoms with Gasteiger partial charge in [-0.1, -0.05) is 6.92 Å². The summed E-state index contributed by atoms with van der Waals surface area (Å²) in [4.78, 5) is 13.0. The predicted molar refractivity (Wildman–Crippen MR) is 86.9 cm³/mol. The van der Waals surface area contributed by atoms with E-state index in [0.29, 0.717) is 18.8 Å². The molecule has 0 fully saturated rings. The molecule has 0 spiro atoms. The van der Waals surface area contributed by atoms with Crippen LogP contribution in [0.25, 0.3) is 0 Å². The first-order chi connectivity index (χ1) is 10.0. The fourth-order valence-electron chi connectivity index (χ4n) is 1.89. The molecule has 0 saturated carbocycles. The van der Waals surface area contributed by atoms with Crippen LogP contribution in [-0.4, -0.2) is 35.5 Å². The highest BCUT2D eigenvalue weighted by molar-refractivity contribution is 8.00. The average Bonchev–Trinajstić information content (AvgIpc) is 2.47. The van der Waals surface area contributed by atoms with Crippen LogP contribution in [0.2, 0.25) is 0 Å². The van der Waals surface area contributed by atoms with E-state index in [4.69, 9.17) is 9.84 Å². The molecule has 1 aromatic rings. The van der Waals surface area contributed by atoms with Gasteiger partial charge in [0, 0.05) is 17.0 Å². The van der Waals surface area contributed by atoms with Gasteiger partial charge < -0.3 is 15.2 Å². The number of thioether (sulfide) groups is 1. The Labute approximate surface area is 131 Å². The molecule has 0 heterocycles. The number of hydrogen-bond donors (Lipinski definition) is 2. The monoisotopic (exact) mass is 311 g/mol. The third-order valence-electron chi connectivity index (χ3n) is 3.39. The second kappa shape index (κ2) is 8.95. The minimum Gasteiger partial charge on any atom is -0.494 e. The SMILES string of the molecule is CCOc1ccc(SCC(=O)NC(C)(CC)CCO)cc1. The minimum absolute atomic E-state index is 0.00770. The van der Waals surface area contributed by atoms with Crippen LogP contribution in [0.4, 0.5) is 0 Å². The van der Waals surface area contributed by atoms with Gasteiger partial charge in [0.1, 0.15) is 5.75 Å². The molecular weight excluding hydrogens is 286 g/mol. The van der Waals surface area contributed by atoms with Crippen molar-refractivity contribution in [3.8, 4) is 5.75 Å². The quantitative estimate of drug-likeness (QED) is 0.689. The third-order valence-corrected chi connectivity index (χ3v) is 4.40. The van der Waals surface area contributed by atoms with E-state index in [1.54, 1.807) is 0 Å². The minimum atomic E-state index is -0.328. The molecule has 2 N–H and O–H groups in total. The number of aliphatic hydroxyl groups is 1. The Kier molecular flexibility index (Phi) is 7.61. The van der Waals surface area contributed by atoms with Crippen molar-refractivity contribution < 1.29 is 14.6 Å². The fraction of sp³-hybridized carbons (Fsp3) is 0.562. The van der Waals surface area contributed by atoms with E-state index < -0.39 is 0 Å². The number of ether oxygens (including phenoxy) is 1. The zero-order chi connectivity index (χ0) is 15.7. The number of carbonyl (C=O) groups excluding carboxylic acids is 1. The van der Waals surface area contributed by atoms with Crippen LogP contribution in [0, 0.1) is 0 Å². The summed E-state index contributed by atoms with van der Waals surface area (Å²) in [7, 11) is 0. The Morgan fingerprint density at radius 2 is 2.00 bits per heavy atom. The molecule has 0 aliphatic rings. The molecule has 0 aliphatic carbocycles. The lowest BCUT2D eigenvalue weighted by molar-refractivity contribution is -0.120. The standard InChI is InChI=1S/C16H25NO3S/c1-4-16(3,10-11-18)17-15(19)12-21-14-8-6-13(7-9-14)20-5-2/h6-9,18H,4-5,10-12H2,1-3H3,(H,17,19). The molecule has 0 aromatic heterocycles. The van der Waals surface area contributed by atoms with Crippen LogP contribution in [0.1, 0.15) is 33.6 Å². The largest absolute Gasteiger partial charge is 0.494 e. The van der Waals surface area contributed by atoms with Gasteiger partial charge in [0.15, 0.2) is 0 Å². The van der Waals surface area contributed by atoms with Gasteiger partial charge in [-0.25, -0.2) is 0 Å². The maximum absolute atomic E-state index is 12.0. The molecule has 118 valence electrons. The summed E-state index contributed by atoms with van der Waals surface area (Å²) in [6, 6.07) is 7.72. The normalized spacial score (nSPS) is 13.5. The Bertz CT molecular complexity index is 436. The van der Waals surface area contributed by atoms with Crippen molar-refractivity contribution in [2.75, 3.05) is 19.0 Å². The Morgan fingerprint density at radius 1 is 1.33 bits per heavy atom. The molecule has 21 heavy (non-hydrogen) atoms. The summed E-state index contributed by atoms with van der Waals surface area (Å²) < 4.78 is 5.38. The molecular formula is C16H25NO3S. The number of amides is 1. The lowest BCUT2D eigenvalue weighted by atomic mass is 9.95. The molecule has 0 saturated heterocycles. The Hall–Kier alpha value is -1.20. The third kappa shape index (κ3) is 6.40. The first kappa shape index (κ1) is 17.9. The topological polar surface area (TPSA) is 58.6 Å². The van der Waals surface area contributed by atoms with Gasteiger partial charge >= 0.3 is 0 Å². The summed E-state index contributed by atoms with van der Waals surface area (Å²) in [5.41, 5.74) is -0.328. The predicted octanol–water partition coefficient (Wildman–Crippen LogP) is 2.84. The maximum Gasteiger partial charge on any atom is 0.230 e. The van der Waals surface area contributed by atoms with Crippen LogP contribution < -0.4 is 10.1 Å². The summed E-state index contributed by atoms with van der Waals surface area (Å²) in [5.74, 6) is 1.20. The van der Waals surface area contributed by atoms with Crippen LogP contribution >= 0.6 is 11.8 Å². The van der Waals surface area contributed by atoms with Crippen LogP contribution in [0.5, 0.6) is 5.75 Å². The molecule has 1 rings (SSSR count). The smallest absolute Gasteiger partial charge is 0.230 e. The van der Waals surface area contributed by atoms with Gasteiger partial charge in [0.05, 0.1) is 12.4 Å². The van der Waals surface area contributed by atoms with Crippen molar-refractivity contribution in [3.63, 3.8) is 0 Å². The number of benzene rings is 1. The zero-order valence-corrected chi connectivity index (χ0v) is 13.8. The van der Waals surface area contributed by atoms with Crippen molar-refractivity contribution in [3.05, 3.63) is 24.3 Å². The van der Waals surface area contributed by atoms with E-state index in [1.165, 1.54) is 11.8 Å². The molecule has 0 bridgehead atoms. The highest BCUT2D eigenvalue weighted by Crippen LogP contribution is 2.22. The lowest BCUT2D eigenvalue weighted by Crippen LogP contribution is -2.46.